The molecule has 1 fully saturated rings. The summed E-state index contributed by atoms with van der Waals surface area (Å²) in [6.07, 6.45) is 0. The first-order valence-corrected chi connectivity index (χ1v) is 11.9. The van der Waals surface area contributed by atoms with Crippen LogP contribution in [0.2, 0.25) is 0 Å². The number of nitrogens with zero attached hydrogens (tertiary/aromatic N) is 2. The van der Waals surface area contributed by atoms with E-state index in [1.165, 1.54) is 17.0 Å². The molecule has 7 heteroatoms. The molecule has 2 aromatic carbocycles. The van der Waals surface area contributed by atoms with Crippen LogP contribution in [-0.4, -0.2) is 48.6 Å². The van der Waals surface area contributed by atoms with Gasteiger partial charge in [0.25, 0.3) is 5.91 Å². The van der Waals surface area contributed by atoms with Crippen molar-refractivity contribution in [2.45, 2.75) is 6.04 Å². The van der Waals surface area contributed by atoms with Crippen LogP contribution in [0.3, 0.4) is 0 Å². The minimum absolute atomic E-state index is 0.0996. The molecule has 1 aliphatic rings. The van der Waals surface area contributed by atoms with Crippen molar-refractivity contribution >= 4 is 28.1 Å². The minimum atomic E-state index is -0.305. The predicted octanol–water partition coefficient (Wildman–Crippen LogP) is 4.91. The molecule has 4 aromatic rings. The van der Waals surface area contributed by atoms with Crippen molar-refractivity contribution in [2.75, 3.05) is 32.8 Å². The normalized spacial score (nSPS) is 15.4. The first-order chi connectivity index (χ1) is 16.2. The van der Waals surface area contributed by atoms with Crippen molar-refractivity contribution in [3.8, 4) is 11.3 Å². The maximum atomic E-state index is 13.4. The molecule has 0 saturated carbocycles. The molecular weight excluding hydrogens is 437 g/mol. The third kappa shape index (κ3) is 4.80. The van der Waals surface area contributed by atoms with E-state index < -0.39 is 0 Å². The fourth-order valence-electron chi connectivity index (χ4n) is 4.20. The van der Waals surface area contributed by atoms with Gasteiger partial charge in [0, 0.05) is 35.5 Å². The maximum Gasteiger partial charge on any atom is 0.252 e. The first kappa shape index (κ1) is 21.7. The summed E-state index contributed by atoms with van der Waals surface area (Å²) >= 11 is 1.70. The Morgan fingerprint density at radius 1 is 1.09 bits per heavy atom. The summed E-state index contributed by atoms with van der Waals surface area (Å²) in [5.41, 5.74) is 2.70. The number of amides is 1. The van der Waals surface area contributed by atoms with Crippen molar-refractivity contribution in [1.29, 1.82) is 0 Å². The standard InChI is InChI=1S/C26H24FN3O2S/c27-19-9-7-18(8-10-19)23-16-21(20-4-1-2-5-22(20)29-23)26(31)28-17-24(25-6-3-15-33-25)30-11-13-32-14-12-30/h1-10,15-16,24H,11-14,17H2,(H,28,31)/t24-/m0/s1. The van der Waals surface area contributed by atoms with Crippen LogP contribution in [0.5, 0.6) is 0 Å². The second kappa shape index (κ2) is 9.79. The van der Waals surface area contributed by atoms with E-state index in [4.69, 9.17) is 9.72 Å². The number of carbonyl (C=O) groups is 1. The minimum Gasteiger partial charge on any atom is -0.379 e. The number of thiophene rings is 1. The number of para-hydroxylation sites is 1. The number of morpholine rings is 1. The highest BCUT2D eigenvalue weighted by Crippen LogP contribution is 2.27. The van der Waals surface area contributed by atoms with Gasteiger partial charge in [0.15, 0.2) is 0 Å². The predicted molar refractivity (Wildman–Crippen MR) is 129 cm³/mol. The molecule has 33 heavy (non-hydrogen) atoms. The van der Waals surface area contributed by atoms with Crippen LogP contribution in [-0.2, 0) is 4.74 Å². The highest BCUT2D eigenvalue weighted by Gasteiger charge is 2.24. The Morgan fingerprint density at radius 2 is 1.88 bits per heavy atom. The van der Waals surface area contributed by atoms with E-state index in [-0.39, 0.29) is 17.8 Å². The number of halogens is 1. The highest BCUT2D eigenvalue weighted by molar-refractivity contribution is 7.10. The molecule has 0 spiro atoms. The van der Waals surface area contributed by atoms with Crippen molar-refractivity contribution in [3.63, 3.8) is 0 Å². The smallest absolute Gasteiger partial charge is 0.252 e. The number of nitrogens with one attached hydrogen (secondary N) is 1. The third-order valence-electron chi connectivity index (χ3n) is 5.91. The lowest BCUT2D eigenvalue weighted by atomic mass is 10.0. The Kier molecular flexibility index (Phi) is 6.44. The number of fused-ring (bicyclic) bond motifs is 1. The van der Waals surface area contributed by atoms with Crippen molar-refractivity contribution in [1.82, 2.24) is 15.2 Å². The van der Waals surface area contributed by atoms with E-state index >= 15 is 0 Å². The van der Waals surface area contributed by atoms with Crippen LogP contribution < -0.4 is 5.32 Å². The van der Waals surface area contributed by atoms with E-state index in [1.807, 2.05) is 30.3 Å². The Labute approximate surface area is 195 Å². The number of benzene rings is 2. The zero-order valence-electron chi connectivity index (χ0n) is 18.0. The van der Waals surface area contributed by atoms with Crippen LogP contribution in [0.15, 0.2) is 72.1 Å². The lowest BCUT2D eigenvalue weighted by Gasteiger charge is -2.34. The second-order valence-corrected chi connectivity index (χ2v) is 8.95. The van der Waals surface area contributed by atoms with E-state index in [9.17, 15) is 9.18 Å². The average molecular weight is 462 g/mol. The van der Waals surface area contributed by atoms with Crippen LogP contribution in [0.25, 0.3) is 22.2 Å². The quantitative estimate of drug-likeness (QED) is 0.444. The molecule has 5 nitrogen and oxygen atoms in total. The van der Waals surface area contributed by atoms with E-state index in [0.29, 0.717) is 31.0 Å². The third-order valence-corrected chi connectivity index (χ3v) is 6.89. The fraction of sp³-hybridized carbons (Fsp3) is 0.231. The van der Waals surface area contributed by atoms with Crippen LogP contribution in [0, 0.1) is 5.82 Å². The zero-order chi connectivity index (χ0) is 22.6. The number of aromatic nitrogens is 1. The Balaban J connectivity index is 1.44. The van der Waals surface area contributed by atoms with Gasteiger partial charge in [0.1, 0.15) is 5.82 Å². The molecule has 5 rings (SSSR count). The van der Waals surface area contributed by atoms with Gasteiger partial charge in [-0.3, -0.25) is 9.69 Å². The fourth-order valence-corrected chi connectivity index (χ4v) is 5.06. The lowest BCUT2D eigenvalue weighted by Crippen LogP contribution is -2.43. The largest absolute Gasteiger partial charge is 0.379 e. The molecule has 1 N–H and O–H groups in total. The summed E-state index contributed by atoms with van der Waals surface area (Å²) in [5.74, 6) is -0.452. The summed E-state index contributed by atoms with van der Waals surface area (Å²) in [6.45, 7) is 3.58. The molecule has 0 radical (unpaired) electrons. The number of hydrogen-bond acceptors (Lipinski definition) is 5. The number of carbonyl (C=O) groups excluding carboxylic acids is 1. The van der Waals surface area contributed by atoms with E-state index in [0.717, 1.165) is 29.6 Å². The summed E-state index contributed by atoms with van der Waals surface area (Å²) in [6, 6.07) is 19.8. The first-order valence-electron chi connectivity index (χ1n) is 11.0. The summed E-state index contributed by atoms with van der Waals surface area (Å²) in [7, 11) is 0. The Hall–Kier alpha value is -3.13. The number of hydrogen-bond donors (Lipinski definition) is 1. The molecule has 1 aliphatic heterocycles. The second-order valence-electron chi connectivity index (χ2n) is 7.97. The molecule has 168 valence electrons. The SMILES string of the molecule is O=C(NC[C@@H](c1cccs1)N1CCOCC1)c1cc(-c2ccc(F)cc2)nc2ccccc12. The molecule has 0 aliphatic carbocycles. The number of rotatable bonds is 6. The van der Waals surface area contributed by atoms with Crippen LogP contribution in [0.4, 0.5) is 4.39 Å². The molecule has 0 bridgehead atoms. The van der Waals surface area contributed by atoms with Gasteiger partial charge >= 0.3 is 0 Å². The molecule has 0 unspecified atom stereocenters. The highest BCUT2D eigenvalue weighted by atomic mass is 32.1. The van der Waals surface area contributed by atoms with Crippen LogP contribution >= 0.6 is 11.3 Å². The molecule has 1 amide bonds. The zero-order valence-corrected chi connectivity index (χ0v) is 18.9. The van der Waals surface area contributed by atoms with E-state index in [1.54, 1.807) is 29.5 Å². The van der Waals surface area contributed by atoms with Gasteiger partial charge in [0.05, 0.1) is 36.0 Å². The monoisotopic (exact) mass is 461 g/mol. The van der Waals surface area contributed by atoms with Gasteiger partial charge in [0.2, 0.25) is 0 Å². The molecule has 3 heterocycles. The van der Waals surface area contributed by atoms with Gasteiger partial charge in [-0.1, -0.05) is 24.3 Å². The van der Waals surface area contributed by atoms with Crippen molar-refractivity contribution in [2.24, 2.45) is 0 Å². The van der Waals surface area contributed by atoms with Gasteiger partial charge in [-0.05, 0) is 47.8 Å². The molecule has 1 atom stereocenters. The number of ether oxygens (including phenoxy) is 1. The Morgan fingerprint density at radius 3 is 2.64 bits per heavy atom. The van der Waals surface area contributed by atoms with Crippen molar-refractivity contribution < 1.29 is 13.9 Å². The maximum absolute atomic E-state index is 13.4. The topological polar surface area (TPSA) is 54.5 Å². The lowest BCUT2D eigenvalue weighted by molar-refractivity contribution is 0.0169. The van der Waals surface area contributed by atoms with Gasteiger partial charge in [-0.15, -0.1) is 11.3 Å². The molecule has 2 aromatic heterocycles. The molecular formula is C26H24FN3O2S. The summed E-state index contributed by atoms with van der Waals surface area (Å²) in [5, 5.41) is 6.02. The van der Waals surface area contributed by atoms with Crippen molar-refractivity contribution in [3.05, 3.63) is 88.4 Å². The van der Waals surface area contributed by atoms with Crippen LogP contribution in [0.1, 0.15) is 21.3 Å². The molecule has 1 saturated heterocycles. The van der Waals surface area contributed by atoms with Gasteiger partial charge in [-0.2, -0.15) is 0 Å². The Bertz CT molecular complexity index is 1240. The van der Waals surface area contributed by atoms with Gasteiger partial charge < -0.3 is 10.1 Å². The summed E-state index contributed by atoms with van der Waals surface area (Å²) < 4.78 is 18.9. The summed E-state index contributed by atoms with van der Waals surface area (Å²) in [4.78, 5) is 21.7. The van der Waals surface area contributed by atoms with Gasteiger partial charge in [-0.25, -0.2) is 9.37 Å². The van der Waals surface area contributed by atoms with E-state index in [2.05, 4.69) is 21.7 Å². The number of pyridine rings is 1. The average Bonchev–Trinajstić information content (AvgIpc) is 3.39.